The van der Waals surface area contributed by atoms with Crippen molar-refractivity contribution in [2.75, 3.05) is 13.2 Å². The molecule has 7 unspecified atom stereocenters. The minimum atomic E-state index is -5.09. The first-order valence-electron chi connectivity index (χ1n) is 38.1. The quantitative estimate of drug-likeness (QED) is 0.0193. The Balaban J connectivity index is 2.18. The van der Waals surface area contributed by atoms with Gasteiger partial charge < -0.3 is 35.2 Å². The van der Waals surface area contributed by atoms with Crippen LogP contribution in [-0.4, -0.2) is 95.4 Å². The molecule has 1 saturated heterocycles. The van der Waals surface area contributed by atoms with Gasteiger partial charge in [-0.15, -0.1) is 0 Å². The molecule has 1 rings (SSSR count). The molecule has 0 aromatic carbocycles. The Morgan fingerprint density at radius 3 is 1.03 bits per heavy atom. The summed E-state index contributed by atoms with van der Waals surface area (Å²) in [5.74, 6) is -0.220. The van der Waals surface area contributed by atoms with Crippen LogP contribution in [0, 0.1) is 0 Å². The highest BCUT2D eigenvalue weighted by Gasteiger charge is 2.48. The average Bonchev–Trinajstić information content (AvgIpc) is 1.79. The highest BCUT2D eigenvalue weighted by molar-refractivity contribution is 7.80. The van der Waals surface area contributed by atoms with Crippen molar-refractivity contribution >= 4 is 16.3 Å². The van der Waals surface area contributed by atoms with E-state index >= 15 is 0 Å². The maximum Gasteiger partial charge on any atom is 0.397 e. The Morgan fingerprint density at radius 2 is 0.736 bits per heavy atom. The van der Waals surface area contributed by atoms with E-state index in [0.717, 1.165) is 51.4 Å². The van der Waals surface area contributed by atoms with Crippen molar-refractivity contribution in [1.29, 1.82) is 0 Å². The van der Waals surface area contributed by atoms with Gasteiger partial charge in [0.15, 0.2) is 6.29 Å². The molecule has 6 N–H and O–H groups in total. The summed E-state index contributed by atoms with van der Waals surface area (Å²) >= 11 is 0. The van der Waals surface area contributed by atoms with Crippen molar-refractivity contribution in [2.45, 2.75) is 442 Å². The normalized spacial score (nSPS) is 18.1. The van der Waals surface area contributed by atoms with Crippen LogP contribution in [0.5, 0.6) is 0 Å². The molecule has 0 aliphatic carbocycles. The predicted octanol–water partition coefficient (Wildman–Crippen LogP) is 20.5. The average molecular weight is 1260 g/mol. The lowest BCUT2D eigenvalue weighted by atomic mass is 9.99. The van der Waals surface area contributed by atoms with Crippen LogP contribution >= 0.6 is 0 Å². The van der Waals surface area contributed by atoms with E-state index in [0.29, 0.717) is 12.8 Å². The van der Waals surface area contributed by atoms with Gasteiger partial charge in [0.05, 0.1) is 25.4 Å². The zero-order valence-electron chi connectivity index (χ0n) is 57.1. The van der Waals surface area contributed by atoms with Gasteiger partial charge in [-0.2, -0.15) is 8.42 Å². The van der Waals surface area contributed by atoms with Gasteiger partial charge >= 0.3 is 10.4 Å². The topological polar surface area (TPSA) is 192 Å². The van der Waals surface area contributed by atoms with Gasteiger partial charge in [0.25, 0.3) is 0 Å². The zero-order chi connectivity index (χ0) is 63.2. The lowest BCUT2D eigenvalue weighted by molar-refractivity contribution is -0.298. The number of rotatable bonds is 69. The van der Waals surface area contributed by atoms with Crippen molar-refractivity contribution in [1.82, 2.24) is 5.32 Å². The molecule has 12 nitrogen and oxygen atoms in total. The Kier molecular flexibility index (Phi) is 61.3. The second kappa shape index (κ2) is 63.6. The molecule has 1 aliphatic rings. The lowest BCUT2D eigenvalue weighted by Crippen LogP contribution is -2.61. The Morgan fingerprint density at radius 1 is 0.448 bits per heavy atom. The van der Waals surface area contributed by atoms with E-state index in [2.05, 4.69) is 35.5 Å². The van der Waals surface area contributed by atoms with Crippen molar-refractivity contribution < 1.29 is 51.8 Å². The van der Waals surface area contributed by atoms with E-state index in [9.17, 15) is 38.2 Å². The molecule has 0 bridgehead atoms. The third-order valence-electron chi connectivity index (χ3n) is 18.6. The first kappa shape index (κ1) is 83.9. The first-order chi connectivity index (χ1) is 42.5. The van der Waals surface area contributed by atoms with Gasteiger partial charge in [0.1, 0.15) is 24.4 Å². The van der Waals surface area contributed by atoms with Crippen molar-refractivity contribution in [3.05, 3.63) is 12.2 Å². The summed E-state index contributed by atoms with van der Waals surface area (Å²) in [6, 6.07) is -0.857. The van der Waals surface area contributed by atoms with Crippen LogP contribution in [0.1, 0.15) is 399 Å². The van der Waals surface area contributed by atoms with E-state index in [1.54, 1.807) is 0 Å². The van der Waals surface area contributed by atoms with E-state index in [1.165, 1.54) is 321 Å². The summed E-state index contributed by atoms with van der Waals surface area (Å²) in [7, 11) is -5.09. The number of allylic oxidation sites excluding steroid dienone is 2. The van der Waals surface area contributed by atoms with Crippen LogP contribution in [-0.2, 0) is 28.9 Å². The number of hydrogen-bond donors (Lipinski definition) is 6. The molecule has 7 atom stereocenters. The summed E-state index contributed by atoms with van der Waals surface area (Å²) in [4.78, 5) is 13.2. The fraction of sp³-hybridized carbons (Fsp3) is 0.959. The fourth-order valence-corrected chi connectivity index (χ4v) is 13.3. The van der Waals surface area contributed by atoms with Crippen LogP contribution in [0.25, 0.3) is 0 Å². The molecular formula is C74H145NO11S. The molecule has 0 radical (unpaired) electrons. The second-order valence-electron chi connectivity index (χ2n) is 26.9. The van der Waals surface area contributed by atoms with E-state index in [4.69, 9.17) is 9.47 Å². The standard InChI is InChI=1S/C74H145NO11S/c1-3-5-7-9-11-13-15-17-19-21-23-25-27-29-30-31-32-33-34-35-36-37-38-40-42-44-46-48-50-52-54-56-58-60-62-64-70(78)75-67(66-84-74-72(80)73(86-87(81,82)83)71(79)69(65-76)85-74)68(77)63-61-59-57-55-53-51-49-47-45-43-41-39-28-26-24-22-20-18-16-14-12-10-8-6-4-2/h31-32,67-69,71-74,76-77,79-80H,3-30,33-66H2,1-2H3,(H,75,78)(H,81,82,83)/b32-31-. The van der Waals surface area contributed by atoms with Crippen molar-refractivity contribution in [3.63, 3.8) is 0 Å². The second-order valence-corrected chi connectivity index (χ2v) is 28.0. The molecular weight excluding hydrogens is 1110 g/mol. The Labute approximate surface area is 538 Å². The number of carbonyl (C=O) groups is 1. The molecule has 87 heavy (non-hydrogen) atoms. The van der Waals surface area contributed by atoms with Gasteiger partial charge in [-0.05, 0) is 38.5 Å². The summed E-state index contributed by atoms with van der Waals surface area (Å²) in [6.45, 7) is 3.54. The Hall–Kier alpha value is -1.16. The van der Waals surface area contributed by atoms with Gasteiger partial charge in [-0.25, -0.2) is 4.18 Å². The highest BCUT2D eigenvalue weighted by atomic mass is 32.3. The molecule has 518 valence electrons. The summed E-state index contributed by atoms with van der Waals surface area (Å²) < 4.78 is 48.2. The molecule has 1 aliphatic heterocycles. The van der Waals surface area contributed by atoms with E-state index in [-0.39, 0.29) is 12.5 Å². The minimum Gasteiger partial charge on any atom is -0.394 e. The number of hydrogen-bond acceptors (Lipinski definition) is 10. The summed E-state index contributed by atoms with van der Waals surface area (Å²) in [5.41, 5.74) is 0. The van der Waals surface area contributed by atoms with E-state index in [1.807, 2.05) is 0 Å². The number of aliphatic hydroxyl groups excluding tert-OH is 4. The third-order valence-corrected chi connectivity index (χ3v) is 19.0. The summed E-state index contributed by atoms with van der Waals surface area (Å²) in [6.07, 6.45) is 72.7. The van der Waals surface area contributed by atoms with Gasteiger partial charge in [0.2, 0.25) is 5.91 Å². The monoisotopic (exact) mass is 1260 g/mol. The highest BCUT2D eigenvalue weighted by Crippen LogP contribution is 2.27. The molecule has 0 spiro atoms. The fourth-order valence-electron chi connectivity index (χ4n) is 12.8. The minimum absolute atomic E-state index is 0.220. The van der Waals surface area contributed by atoms with Gasteiger partial charge in [-0.1, -0.05) is 366 Å². The first-order valence-corrected chi connectivity index (χ1v) is 39.4. The zero-order valence-corrected chi connectivity index (χ0v) is 57.9. The molecule has 1 amide bonds. The molecule has 0 aromatic rings. The van der Waals surface area contributed by atoms with Crippen LogP contribution < -0.4 is 5.32 Å². The number of amides is 1. The molecule has 1 heterocycles. The lowest BCUT2D eigenvalue weighted by Gasteiger charge is -2.41. The van der Waals surface area contributed by atoms with Crippen LogP contribution in [0.2, 0.25) is 0 Å². The Bertz CT molecular complexity index is 1570. The van der Waals surface area contributed by atoms with Crippen LogP contribution in [0.3, 0.4) is 0 Å². The predicted molar refractivity (Wildman–Crippen MR) is 366 cm³/mol. The number of ether oxygens (including phenoxy) is 2. The SMILES string of the molecule is CCCCCCCCCCCCCCCC/C=C\CCCCCCCCCCCCCCCCCCCC(=O)NC(COC1OC(CO)C(O)C(OS(=O)(=O)O)C1O)C(O)CCCCCCCCCCCCCCCCCCCCCCCCCCC. The van der Waals surface area contributed by atoms with Crippen molar-refractivity contribution in [3.8, 4) is 0 Å². The maximum absolute atomic E-state index is 13.2. The maximum atomic E-state index is 13.2. The molecule has 1 fully saturated rings. The van der Waals surface area contributed by atoms with Gasteiger partial charge in [0, 0.05) is 6.42 Å². The molecule has 0 aromatic heterocycles. The third kappa shape index (κ3) is 55.0. The number of unbranched alkanes of at least 4 members (excludes halogenated alkanes) is 55. The number of carbonyl (C=O) groups excluding carboxylic acids is 1. The smallest absolute Gasteiger partial charge is 0.394 e. The van der Waals surface area contributed by atoms with Gasteiger partial charge in [-0.3, -0.25) is 9.35 Å². The van der Waals surface area contributed by atoms with Crippen molar-refractivity contribution in [2.24, 2.45) is 0 Å². The van der Waals surface area contributed by atoms with Crippen LogP contribution in [0.4, 0.5) is 0 Å². The molecule has 13 heteroatoms. The largest absolute Gasteiger partial charge is 0.397 e. The molecule has 0 saturated carbocycles. The summed E-state index contributed by atoms with van der Waals surface area (Å²) in [5, 5.41) is 45.4. The number of nitrogens with one attached hydrogen (secondary N) is 1. The number of aliphatic hydroxyl groups is 4. The van der Waals surface area contributed by atoms with Crippen LogP contribution in [0.15, 0.2) is 12.2 Å². The van der Waals surface area contributed by atoms with E-state index < -0.39 is 59.9 Å².